The van der Waals surface area contributed by atoms with Crippen molar-refractivity contribution in [3.05, 3.63) is 24.2 Å². The van der Waals surface area contributed by atoms with Crippen molar-refractivity contribution < 1.29 is 18.5 Å². The van der Waals surface area contributed by atoms with E-state index in [4.69, 9.17) is 9.52 Å². The van der Waals surface area contributed by atoms with Gasteiger partial charge in [0, 0.05) is 16.4 Å². The van der Waals surface area contributed by atoms with Crippen molar-refractivity contribution >= 4 is 16.8 Å². The standard InChI is InChI=1S/C7H8O4S/c8-7(9)5-12(10)4-6-1-2-11-3-6/h1-3H,4-5H2,(H,8,9). The maximum Gasteiger partial charge on any atom is 0.316 e. The van der Waals surface area contributed by atoms with Crippen LogP contribution in [-0.4, -0.2) is 21.0 Å². The fourth-order valence-corrected chi connectivity index (χ4v) is 1.66. The molecule has 0 fully saturated rings. The van der Waals surface area contributed by atoms with Gasteiger partial charge in [-0.25, -0.2) is 0 Å². The number of carboxylic acid groups (broad SMARTS) is 1. The van der Waals surface area contributed by atoms with Gasteiger partial charge in [0.05, 0.1) is 18.3 Å². The van der Waals surface area contributed by atoms with E-state index in [0.29, 0.717) is 0 Å². The molecule has 66 valence electrons. The average Bonchev–Trinajstić information content (AvgIpc) is 2.37. The molecule has 0 aliphatic heterocycles. The molecule has 0 saturated carbocycles. The Bertz CT molecular complexity index is 278. The molecule has 1 N–H and O–H groups in total. The van der Waals surface area contributed by atoms with E-state index in [1.165, 1.54) is 12.5 Å². The van der Waals surface area contributed by atoms with Crippen molar-refractivity contribution in [2.75, 3.05) is 5.75 Å². The molecule has 1 heterocycles. The van der Waals surface area contributed by atoms with Gasteiger partial charge in [-0.3, -0.25) is 9.00 Å². The molecule has 0 saturated heterocycles. The fraction of sp³-hybridized carbons (Fsp3) is 0.286. The van der Waals surface area contributed by atoms with Crippen LogP contribution in [0.2, 0.25) is 0 Å². The molecule has 0 amide bonds. The lowest BCUT2D eigenvalue weighted by Gasteiger charge is -1.94. The smallest absolute Gasteiger partial charge is 0.316 e. The van der Waals surface area contributed by atoms with Gasteiger partial charge in [0.1, 0.15) is 5.75 Å². The largest absolute Gasteiger partial charge is 0.481 e. The van der Waals surface area contributed by atoms with Gasteiger partial charge in [-0.15, -0.1) is 0 Å². The Hall–Kier alpha value is -1.10. The predicted molar refractivity (Wildman–Crippen MR) is 43.1 cm³/mol. The van der Waals surface area contributed by atoms with Gasteiger partial charge in [0.25, 0.3) is 0 Å². The van der Waals surface area contributed by atoms with Crippen LogP contribution < -0.4 is 0 Å². The number of rotatable bonds is 4. The lowest BCUT2D eigenvalue weighted by Crippen LogP contribution is -2.10. The zero-order valence-electron chi connectivity index (χ0n) is 6.23. The Morgan fingerprint density at radius 2 is 2.42 bits per heavy atom. The summed E-state index contributed by atoms with van der Waals surface area (Å²) in [5.74, 6) is -1.12. The topological polar surface area (TPSA) is 67.5 Å². The highest BCUT2D eigenvalue weighted by Crippen LogP contribution is 2.03. The van der Waals surface area contributed by atoms with Crippen molar-refractivity contribution in [1.29, 1.82) is 0 Å². The van der Waals surface area contributed by atoms with Crippen LogP contribution in [0.5, 0.6) is 0 Å². The van der Waals surface area contributed by atoms with Crippen molar-refractivity contribution in [1.82, 2.24) is 0 Å². The van der Waals surface area contributed by atoms with Gasteiger partial charge in [-0.2, -0.15) is 0 Å². The molecule has 0 radical (unpaired) electrons. The molecule has 0 spiro atoms. The summed E-state index contributed by atoms with van der Waals surface area (Å²) in [5.41, 5.74) is 0.759. The molecule has 0 aliphatic carbocycles. The lowest BCUT2D eigenvalue weighted by molar-refractivity contribution is -0.133. The molecule has 1 atom stereocenters. The molecule has 0 bridgehead atoms. The molecule has 1 unspecified atom stereocenters. The lowest BCUT2D eigenvalue weighted by atomic mass is 10.4. The maximum atomic E-state index is 11.0. The summed E-state index contributed by atoms with van der Waals surface area (Å²) in [6, 6.07) is 1.67. The monoisotopic (exact) mass is 188 g/mol. The van der Waals surface area contributed by atoms with Crippen LogP contribution >= 0.6 is 0 Å². The number of furan rings is 1. The molecule has 1 aromatic heterocycles. The minimum Gasteiger partial charge on any atom is -0.481 e. The third kappa shape index (κ3) is 2.87. The molecular formula is C7H8O4S. The zero-order chi connectivity index (χ0) is 8.97. The van der Waals surface area contributed by atoms with Gasteiger partial charge >= 0.3 is 5.97 Å². The van der Waals surface area contributed by atoms with Crippen molar-refractivity contribution in [2.24, 2.45) is 0 Å². The molecule has 1 rings (SSSR count). The second-order valence-electron chi connectivity index (χ2n) is 2.25. The highest BCUT2D eigenvalue weighted by atomic mass is 32.2. The van der Waals surface area contributed by atoms with Crippen molar-refractivity contribution in [2.45, 2.75) is 5.75 Å². The zero-order valence-corrected chi connectivity index (χ0v) is 7.04. The minimum absolute atomic E-state index is 0.239. The molecule has 1 aromatic rings. The van der Waals surface area contributed by atoms with Gasteiger partial charge in [0.2, 0.25) is 0 Å². The number of hydrogen-bond acceptors (Lipinski definition) is 3. The van der Waals surface area contributed by atoms with E-state index in [0.717, 1.165) is 5.56 Å². The number of aliphatic carboxylic acids is 1. The Morgan fingerprint density at radius 1 is 1.67 bits per heavy atom. The first-order valence-electron chi connectivity index (χ1n) is 3.26. The summed E-state index contributed by atoms with van der Waals surface area (Å²) in [4.78, 5) is 10.1. The van der Waals surface area contributed by atoms with Gasteiger partial charge in [-0.1, -0.05) is 0 Å². The van der Waals surface area contributed by atoms with Crippen molar-refractivity contribution in [3.63, 3.8) is 0 Å². The van der Waals surface area contributed by atoms with Crippen LogP contribution in [0.25, 0.3) is 0 Å². The van der Waals surface area contributed by atoms with Crippen molar-refractivity contribution in [3.8, 4) is 0 Å². The van der Waals surface area contributed by atoms with E-state index in [-0.39, 0.29) is 11.5 Å². The summed E-state index contributed by atoms with van der Waals surface area (Å²) in [6.45, 7) is 0. The second-order valence-corrected chi connectivity index (χ2v) is 3.71. The molecule has 0 aliphatic rings. The maximum absolute atomic E-state index is 11.0. The van der Waals surface area contributed by atoms with E-state index in [1.807, 2.05) is 0 Å². The van der Waals surface area contributed by atoms with Gasteiger partial charge in [0.15, 0.2) is 0 Å². The predicted octanol–water partition coefficient (Wildman–Crippen LogP) is 0.613. The summed E-state index contributed by atoms with van der Waals surface area (Å²) in [5, 5.41) is 8.30. The SMILES string of the molecule is O=C(O)CS(=O)Cc1ccoc1. The Kier molecular flexibility index (Phi) is 3.04. The summed E-state index contributed by atoms with van der Waals surface area (Å²) in [7, 11) is -1.34. The highest BCUT2D eigenvalue weighted by molar-refractivity contribution is 7.84. The third-order valence-electron chi connectivity index (χ3n) is 1.19. The molecular weight excluding hydrogens is 180 g/mol. The normalized spacial score (nSPS) is 12.7. The van der Waals surface area contributed by atoms with E-state index >= 15 is 0 Å². The van der Waals surface area contributed by atoms with E-state index in [9.17, 15) is 9.00 Å². The first-order chi connectivity index (χ1) is 5.68. The molecule has 4 nitrogen and oxygen atoms in total. The highest BCUT2D eigenvalue weighted by Gasteiger charge is 2.06. The van der Waals surface area contributed by atoms with Crippen LogP contribution in [-0.2, 0) is 21.3 Å². The molecule has 0 aromatic carbocycles. The van der Waals surface area contributed by atoms with Crippen LogP contribution in [0.15, 0.2) is 23.0 Å². The number of hydrogen-bond donors (Lipinski definition) is 1. The quantitative estimate of drug-likeness (QED) is 0.751. The van der Waals surface area contributed by atoms with E-state index in [1.54, 1.807) is 6.07 Å². The first-order valence-corrected chi connectivity index (χ1v) is 4.75. The number of carbonyl (C=O) groups is 1. The summed E-state index contributed by atoms with van der Waals surface area (Å²) >= 11 is 0. The van der Waals surface area contributed by atoms with E-state index in [2.05, 4.69) is 0 Å². The summed E-state index contributed by atoms with van der Waals surface area (Å²) < 4.78 is 15.7. The number of carboxylic acids is 1. The Morgan fingerprint density at radius 3 is 2.92 bits per heavy atom. The second kappa shape index (κ2) is 4.06. The Labute approximate surface area is 71.7 Å². The van der Waals surface area contributed by atoms with Crippen LogP contribution in [0.1, 0.15) is 5.56 Å². The molecule has 5 heteroatoms. The third-order valence-corrected chi connectivity index (χ3v) is 2.42. The summed E-state index contributed by atoms with van der Waals surface area (Å²) in [6.07, 6.45) is 2.92. The average molecular weight is 188 g/mol. The minimum atomic E-state index is -1.34. The molecule has 12 heavy (non-hydrogen) atoms. The van der Waals surface area contributed by atoms with E-state index < -0.39 is 16.8 Å². The van der Waals surface area contributed by atoms with Gasteiger partial charge < -0.3 is 9.52 Å². The fourth-order valence-electron chi connectivity index (χ4n) is 0.749. The Balaban J connectivity index is 2.42. The van der Waals surface area contributed by atoms with Gasteiger partial charge in [-0.05, 0) is 6.07 Å². The first kappa shape index (κ1) is 8.99. The van der Waals surface area contributed by atoms with Crippen LogP contribution in [0.3, 0.4) is 0 Å². The van der Waals surface area contributed by atoms with Crippen LogP contribution in [0, 0.1) is 0 Å². The van der Waals surface area contributed by atoms with Crippen LogP contribution in [0.4, 0.5) is 0 Å².